The van der Waals surface area contributed by atoms with Crippen molar-refractivity contribution in [2.75, 3.05) is 18.5 Å². The van der Waals surface area contributed by atoms with Crippen LogP contribution in [0.5, 0.6) is 0 Å². The summed E-state index contributed by atoms with van der Waals surface area (Å²) in [5.41, 5.74) is 0. The molecule has 1 atom stereocenters. The molecule has 0 spiro atoms. The summed E-state index contributed by atoms with van der Waals surface area (Å²) >= 11 is 0. The van der Waals surface area contributed by atoms with E-state index in [2.05, 4.69) is 10.3 Å². The molecule has 1 aromatic rings. The first kappa shape index (κ1) is 13.1. The second-order valence-electron chi connectivity index (χ2n) is 4.47. The number of aromatic nitrogens is 1. The van der Waals surface area contributed by atoms with Crippen LogP contribution in [0.4, 0.5) is 19.0 Å². The van der Waals surface area contributed by atoms with Crippen LogP contribution in [0.15, 0.2) is 6.07 Å². The Morgan fingerprint density at radius 1 is 1.28 bits per heavy atom. The molecule has 1 aliphatic heterocycles. The van der Waals surface area contributed by atoms with Gasteiger partial charge < -0.3 is 10.1 Å². The zero-order valence-electron chi connectivity index (χ0n) is 10.0. The zero-order valence-corrected chi connectivity index (χ0v) is 10.0. The second-order valence-corrected chi connectivity index (χ2v) is 4.47. The minimum atomic E-state index is -1.29. The first-order valence-corrected chi connectivity index (χ1v) is 5.93. The van der Waals surface area contributed by atoms with Crippen molar-refractivity contribution in [1.82, 2.24) is 4.98 Å². The predicted octanol–water partition coefficient (Wildman–Crippen LogP) is 2.73. The maximum atomic E-state index is 13.4. The maximum Gasteiger partial charge on any atom is 0.251 e. The van der Waals surface area contributed by atoms with Gasteiger partial charge in [0, 0.05) is 25.3 Å². The van der Waals surface area contributed by atoms with Crippen molar-refractivity contribution in [3.05, 3.63) is 23.6 Å². The molecule has 1 unspecified atom stereocenters. The molecule has 0 saturated carbocycles. The summed E-state index contributed by atoms with van der Waals surface area (Å²) in [4.78, 5) is 3.25. The number of anilines is 1. The SMILES string of the molecule is CC(Nc1nc(F)c(F)cc1F)C1CCOCC1. The van der Waals surface area contributed by atoms with Crippen molar-refractivity contribution in [3.63, 3.8) is 0 Å². The van der Waals surface area contributed by atoms with E-state index in [1.165, 1.54) is 0 Å². The van der Waals surface area contributed by atoms with Gasteiger partial charge in [-0.15, -0.1) is 0 Å². The van der Waals surface area contributed by atoms with Crippen LogP contribution >= 0.6 is 0 Å². The first-order valence-electron chi connectivity index (χ1n) is 5.93. The van der Waals surface area contributed by atoms with E-state index in [9.17, 15) is 13.2 Å². The lowest BCUT2D eigenvalue weighted by Crippen LogP contribution is -2.31. The normalized spacial score (nSPS) is 18.7. The lowest BCUT2D eigenvalue weighted by atomic mass is 9.93. The third-order valence-electron chi connectivity index (χ3n) is 3.22. The molecule has 1 saturated heterocycles. The molecule has 2 heterocycles. The number of halogens is 3. The van der Waals surface area contributed by atoms with Gasteiger partial charge in [0.25, 0.3) is 5.95 Å². The molecular weight excluding hydrogens is 245 g/mol. The topological polar surface area (TPSA) is 34.2 Å². The number of ether oxygens (including phenoxy) is 1. The van der Waals surface area contributed by atoms with Crippen LogP contribution in [0.1, 0.15) is 19.8 Å². The summed E-state index contributed by atoms with van der Waals surface area (Å²) in [6, 6.07) is 0.433. The molecule has 0 amide bonds. The molecule has 3 nitrogen and oxygen atoms in total. The van der Waals surface area contributed by atoms with Crippen molar-refractivity contribution in [2.45, 2.75) is 25.8 Å². The van der Waals surface area contributed by atoms with E-state index >= 15 is 0 Å². The van der Waals surface area contributed by atoms with Crippen LogP contribution in [0.2, 0.25) is 0 Å². The number of hydrogen-bond acceptors (Lipinski definition) is 3. The lowest BCUT2D eigenvalue weighted by Gasteiger charge is -2.28. The molecule has 18 heavy (non-hydrogen) atoms. The van der Waals surface area contributed by atoms with Gasteiger partial charge >= 0.3 is 0 Å². The van der Waals surface area contributed by atoms with Crippen molar-refractivity contribution in [2.24, 2.45) is 5.92 Å². The number of hydrogen-bond donors (Lipinski definition) is 1. The minimum Gasteiger partial charge on any atom is -0.381 e. The summed E-state index contributed by atoms with van der Waals surface area (Å²) in [5.74, 6) is -3.39. The average molecular weight is 260 g/mol. The van der Waals surface area contributed by atoms with Gasteiger partial charge in [-0.2, -0.15) is 9.37 Å². The fourth-order valence-electron chi connectivity index (χ4n) is 2.09. The molecule has 0 radical (unpaired) electrons. The highest BCUT2D eigenvalue weighted by molar-refractivity contribution is 5.37. The Morgan fingerprint density at radius 3 is 2.61 bits per heavy atom. The highest BCUT2D eigenvalue weighted by Gasteiger charge is 2.22. The Kier molecular flexibility index (Phi) is 4.06. The number of nitrogens with zero attached hydrogens (tertiary/aromatic N) is 1. The van der Waals surface area contributed by atoms with Crippen LogP contribution < -0.4 is 5.32 Å². The predicted molar refractivity (Wildman–Crippen MR) is 60.7 cm³/mol. The Morgan fingerprint density at radius 2 is 1.94 bits per heavy atom. The van der Waals surface area contributed by atoms with Crippen molar-refractivity contribution in [3.8, 4) is 0 Å². The van der Waals surface area contributed by atoms with E-state index in [-0.39, 0.29) is 11.9 Å². The van der Waals surface area contributed by atoms with E-state index in [1.807, 2.05) is 6.92 Å². The molecule has 100 valence electrons. The number of nitrogens with one attached hydrogen (secondary N) is 1. The Bertz CT molecular complexity index is 422. The summed E-state index contributed by atoms with van der Waals surface area (Å²) in [6.45, 7) is 3.22. The first-order chi connectivity index (χ1) is 8.58. The highest BCUT2D eigenvalue weighted by atomic mass is 19.2. The molecule has 0 aliphatic carbocycles. The Labute approximate surface area is 103 Å². The van der Waals surface area contributed by atoms with E-state index in [0.717, 1.165) is 12.8 Å². The van der Waals surface area contributed by atoms with Gasteiger partial charge in [-0.3, -0.25) is 0 Å². The van der Waals surface area contributed by atoms with Gasteiger partial charge in [-0.25, -0.2) is 8.78 Å². The van der Waals surface area contributed by atoms with Crippen LogP contribution in [-0.4, -0.2) is 24.2 Å². The van der Waals surface area contributed by atoms with Crippen LogP contribution in [0.3, 0.4) is 0 Å². The fraction of sp³-hybridized carbons (Fsp3) is 0.583. The summed E-state index contributed by atoms with van der Waals surface area (Å²) < 4.78 is 44.3. The largest absolute Gasteiger partial charge is 0.381 e. The molecule has 1 fully saturated rings. The maximum absolute atomic E-state index is 13.4. The molecule has 1 N–H and O–H groups in total. The minimum absolute atomic E-state index is 0.0687. The Balaban J connectivity index is 2.06. The van der Waals surface area contributed by atoms with Crippen LogP contribution in [-0.2, 0) is 4.74 Å². The molecule has 6 heteroatoms. The monoisotopic (exact) mass is 260 g/mol. The van der Waals surface area contributed by atoms with Crippen LogP contribution in [0.25, 0.3) is 0 Å². The van der Waals surface area contributed by atoms with Gasteiger partial charge in [0.15, 0.2) is 17.5 Å². The third kappa shape index (κ3) is 2.93. The molecule has 2 rings (SSSR count). The van der Waals surface area contributed by atoms with Gasteiger partial charge in [0.05, 0.1) is 0 Å². The summed E-state index contributed by atoms with van der Waals surface area (Å²) in [6.07, 6.45) is 1.72. The molecule has 1 aromatic heterocycles. The highest BCUT2D eigenvalue weighted by Crippen LogP contribution is 2.22. The molecule has 1 aliphatic rings. The third-order valence-corrected chi connectivity index (χ3v) is 3.22. The van der Waals surface area contributed by atoms with Gasteiger partial charge in [0.1, 0.15) is 0 Å². The van der Waals surface area contributed by atoms with E-state index < -0.39 is 17.6 Å². The quantitative estimate of drug-likeness (QED) is 0.848. The summed E-state index contributed by atoms with van der Waals surface area (Å²) in [7, 11) is 0. The number of pyridine rings is 1. The van der Waals surface area contributed by atoms with Crippen LogP contribution in [0, 0.1) is 23.5 Å². The van der Waals surface area contributed by atoms with Gasteiger partial charge in [0.2, 0.25) is 0 Å². The van der Waals surface area contributed by atoms with Gasteiger partial charge in [-0.05, 0) is 25.7 Å². The lowest BCUT2D eigenvalue weighted by molar-refractivity contribution is 0.0621. The smallest absolute Gasteiger partial charge is 0.251 e. The summed E-state index contributed by atoms with van der Waals surface area (Å²) in [5, 5.41) is 2.80. The van der Waals surface area contributed by atoms with E-state index in [1.54, 1.807) is 0 Å². The zero-order chi connectivity index (χ0) is 13.1. The van der Waals surface area contributed by atoms with Crippen molar-refractivity contribution < 1.29 is 17.9 Å². The van der Waals surface area contributed by atoms with E-state index in [0.29, 0.717) is 25.2 Å². The molecule has 0 aromatic carbocycles. The van der Waals surface area contributed by atoms with Gasteiger partial charge in [-0.1, -0.05) is 0 Å². The standard InChI is InChI=1S/C12H15F3N2O/c1-7(8-2-4-18-5-3-8)16-12-10(14)6-9(13)11(15)17-12/h6-8H,2-5H2,1H3,(H,16,17). The van der Waals surface area contributed by atoms with E-state index in [4.69, 9.17) is 4.74 Å². The van der Waals surface area contributed by atoms with Crippen molar-refractivity contribution >= 4 is 5.82 Å². The average Bonchev–Trinajstić information content (AvgIpc) is 2.37. The molecular formula is C12H15F3N2O. The Hall–Kier alpha value is -1.30. The second kappa shape index (κ2) is 5.56. The van der Waals surface area contributed by atoms with Crippen molar-refractivity contribution in [1.29, 1.82) is 0 Å². The fourth-order valence-corrected chi connectivity index (χ4v) is 2.09. The molecule has 0 bridgehead atoms. The number of rotatable bonds is 3.